The van der Waals surface area contributed by atoms with Crippen molar-refractivity contribution in [3.05, 3.63) is 50.7 Å². The molecule has 0 aliphatic heterocycles. The molecule has 1 aliphatic rings. The van der Waals surface area contributed by atoms with Crippen molar-refractivity contribution in [2.45, 2.75) is 37.4 Å². The van der Waals surface area contributed by atoms with Crippen LogP contribution in [0.3, 0.4) is 0 Å². The van der Waals surface area contributed by atoms with E-state index in [4.69, 9.17) is 11.6 Å². The van der Waals surface area contributed by atoms with Crippen LogP contribution in [0.2, 0.25) is 5.02 Å². The number of carbonyl (C=O) groups excluding carboxylic acids is 1. The lowest BCUT2D eigenvalue weighted by Gasteiger charge is -2.12. The molecule has 1 amide bonds. The lowest BCUT2D eigenvalue weighted by atomic mass is 9.96. The van der Waals surface area contributed by atoms with Crippen LogP contribution in [0, 0.1) is 0 Å². The third kappa shape index (κ3) is 4.26. The Morgan fingerprint density at radius 2 is 2.04 bits per heavy atom. The molecule has 3 aromatic rings. The quantitative estimate of drug-likeness (QED) is 0.583. The van der Waals surface area contributed by atoms with Crippen LogP contribution in [0.1, 0.15) is 28.8 Å². The number of halogens is 1. The number of thiophene rings is 1. The molecule has 1 aliphatic carbocycles. The van der Waals surface area contributed by atoms with E-state index in [9.17, 15) is 4.79 Å². The highest BCUT2D eigenvalue weighted by Gasteiger charge is 2.21. The molecule has 28 heavy (non-hydrogen) atoms. The largest absolute Gasteiger partial charge is 0.351 e. The smallest absolute Gasteiger partial charge is 0.230 e. The first-order chi connectivity index (χ1) is 13.6. The van der Waals surface area contributed by atoms with Crippen molar-refractivity contribution in [3.63, 3.8) is 0 Å². The zero-order valence-corrected chi connectivity index (χ0v) is 18.0. The van der Waals surface area contributed by atoms with Gasteiger partial charge in [0.1, 0.15) is 0 Å². The lowest BCUT2D eigenvalue weighted by Crippen LogP contribution is -2.24. The van der Waals surface area contributed by atoms with Crippen LogP contribution in [-0.2, 0) is 31.2 Å². The number of thioether (sulfide) groups is 1. The Bertz CT molecular complexity index is 981. The fourth-order valence-corrected chi connectivity index (χ4v) is 5.33. The van der Waals surface area contributed by atoms with Gasteiger partial charge in [-0.2, -0.15) is 0 Å². The molecule has 0 fully saturated rings. The molecule has 8 heteroatoms. The third-order valence-electron chi connectivity index (χ3n) is 4.87. The zero-order chi connectivity index (χ0) is 19.5. The first-order valence-corrected chi connectivity index (χ1v) is 11.5. The molecule has 0 unspecified atom stereocenters. The van der Waals surface area contributed by atoms with E-state index in [1.807, 2.05) is 47.2 Å². The number of benzene rings is 1. The predicted molar refractivity (Wildman–Crippen MR) is 115 cm³/mol. The standard InChI is InChI=1S/C20H21ClN4OS2/c1-25-19(16-11-27-17-5-3-2-4-15(16)17)23-24-20(25)28-12-18(26)22-10-13-6-8-14(21)9-7-13/h6-9,11H,2-5,10,12H2,1H3,(H,22,26). The van der Waals surface area contributed by atoms with Crippen LogP contribution in [0.4, 0.5) is 0 Å². The Labute approximate surface area is 177 Å². The summed E-state index contributed by atoms with van der Waals surface area (Å²) in [6, 6.07) is 7.46. The van der Waals surface area contributed by atoms with Gasteiger partial charge < -0.3 is 9.88 Å². The van der Waals surface area contributed by atoms with Crippen LogP contribution in [0.15, 0.2) is 34.8 Å². The molecule has 2 aromatic heterocycles. The number of rotatable bonds is 6. The van der Waals surface area contributed by atoms with Gasteiger partial charge in [0.05, 0.1) is 5.75 Å². The molecular formula is C20H21ClN4OS2. The van der Waals surface area contributed by atoms with Crippen LogP contribution < -0.4 is 5.32 Å². The maximum absolute atomic E-state index is 12.2. The second-order valence-electron chi connectivity index (χ2n) is 6.82. The highest BCUT2D eigenvalue weighted by atomic mass is 35.5. The van der Waals surface area contributed by atoms with Crippen molar-refractivity contribution in [1.82, 2.24) is 20.1 Å². The molecule has 0 atom stereocenters. The van der Waals surface area contributed by atoms with Crippen molar-refractivity contribution in [2.24, 2.45) is 7.05 Å². The summed E-state index contributed by atoms with van der Waals surface area (Å²) in [6.07, 6.45) is 4.81. The first kappa shape index (κ1) is 19.5. The van der Waals surface area contributed by atoms with Gasteiger partial charge in [-0.3, -0.25) is 4.79 Å². The molecule has 0 saturated carbocycles. The molecule has 5 nitrogen and oxygen atoms in total. The Morgan fingerprint density at radius 1 is 1.25 bits per heavy atom. The van der Waals surface area contributed by atoms with Crippen LogP contribution in [-0.4, -0.2) is 26.4 Å². The number of hydrogen-bond donors (Lipinski definition) is 1. The van der Waals surface area contributed by atoms with Crippen molar-refractivity contribution in [2.75, 3.05) is 5.75 Å². The van der Waals surface area contributed by atoms with E-state index in [1.54, 1.807) is 0 Å². The molecule has 0 spiro atoms. The van der Waals surface area contributed by atoms with Gasteiger partial charge in [-0.05, 0) is 48.9 Å². The van der Waals surface area contributed by atoms with Crippen LogP contribution in [0.5, 0.6) is 0 Å². The topological polar surface area (TPSA) is 59.8 Å². The van der Waals surface area contributed by atoms with E-state index in [0.717, 1.165) is 23.0 Å². The van der Waals surface area contributed by atoms with Gasteiger partial charge in [-0.25, -0.2) is 0 Å². The first-order valence-electron chi connectivity index (χ1n) is 9.25. The number of fused-ring (bicyclic) bond motifs is 1. The van der Waals surface area contributed by atoms with Crippen molar-refractivity contribution in [1.29, 1.82) is 0 Å². The summed E-state index contributed by atoms with van der Waals surface area (Å²) < 4.78 is 1.99. The van der Waals surface area contributed by atoms with Crippen LogP contribution >= 0.6 is 34.7 Å². The number of carbonyl (C=O) groups is 1. The lowest BCUT2D eigenvalue weighted by molar-refractivity contribution is -0.118. The van der Waals surface area contributed by atoms with Crippen molar-refractivity contribution >= 4 is 40.6 Å². The summed E-state index contributed by atoms with van der Waals surface area (Å²) in [4.78, 5) is 13.7. The van der Waals surface area contributed by atoms with Gasteiger partial charge in [0.2, 0.25) is 5.91 Å². The summed E-state index contributed by atoms with van der Waals surface area (Å²) in [6.45, 7) is 0.488. The number of aryl methyl sites for hydroxylation is 1. The number of hydrogen-bond acceptors (Lipinski definition) is 5. The van der Waals surface area contributed by atoms with Gasteiger partial charge in [-0.15, -0.1) is 21.5 Å². The molecular weight excluding hydrogens is 412 g/mol. The molecule has 0 bridgehead atoms. The normalized spacial score (nSPS) is 13.4. The molecule has 0 saturated heterocycles. The summed E-state index contributed by atoms with van der Waals surface area (Å²) in [5, 5.41) is 15.3. The number of amides is 1. The summed E-state index contributed by atoms with van der Waals surface area (Å²) in [5.41, 5.74) is 3.66. The highest BCUT2D eigenvalue weighted by Crippen LogP contribution is 2.36. The second kappa shape index (κ2) is 8.68. The van der Waals surface area contributed by atoms with Crippen molar-refractivity contribution < 1.29 is 4.79 Å². The van der Waals surface area contributed by atoms with E-state index in [2.05, 4.69) is 20.9 Å². The van der Waals surface area contributed by atoms with Gasteiger partial charge in [-0.1, -0.05) is 35.5 Å². The predicted octanol–water partition coefficient (Wildman–Crippen LogP) is 4.48. The third-order valence-corrected chi connectivity index (χ3v) is 7.23. The van der Waals surface area contributed by atoms with Gasteiger partial charge in [0, 0.05) is 34.4 Å². The number of nitrogens with zero attached hydrogens (tertiary/aromatic N) is 3. The monoisotopic (exact) mass is 432 g/mol. The minimum atomic E-state index is -0.0302. The average Bonchev–Trinajstić information content (AvgIpc) is 3.29. The molecule has 2 heterocycles. The van der Waals surface area contributed by atoms with Crippen LogP contribution in [0.25, 0.3) is 11.4 Å². The van der Waals surface area contributed by atoms with E-state index in [-0.39, 0.29) is 5.91 Å². The van der Waals surface area contributed by atoms with Gasteiger partial charge in [0.15, 0.2) is 11.0 Å². The maximum atomic E-state index is 12.2. The molecule has 0 radical (unpaired) electrons. The Kier molecular flexibility index (Phi) is 6.04. The minimum absolute atomic E-state index is 0.0302. The zero-order valence-electron chi connectivity index (χ0n) is 15.6. The van der Waals surface area contributed by atoms with E-state index in [0.29, 0.717) is 17.3 Å². The Balaban J connectivity index is 1.36. The van der Waals surface area contributed by atoms with E-state index < -0.39 is 0 Å². The van der Waals surface area contributed by atoms with Gasteiger partial charge in [0.25, 0.3) is 0 Å². The Hall–Kier alpha value is -1.83. The van der Waals surface area contributed by atoms with E-state index in [1.165, 1.54) is 47.0 Å². The van der Waals surface area contributed by atoms with Crippen molar-refractivity contribution in [3.8, 4) is 11.4 Å². The summed E-state index contributed by atoms with van der Waals surface area (Å²) >= 11 is 9.12. The average molecular weight is 433 g/mol. The maximum Gasteiger partial charge on any atom is 0.230 e. The fourth-order valence-electron chi connectivity index (χ4n) is 3.34. The summed E-state index contributed by atoms with van der Waals surface area (Å²) in [7, 11) is 1.97. The molecule has 1 N–H and O–H groups in total. The SMILES string of the molecule is Cn1c(SCC(=O)NCc2ccc(Cl)cc2)nnc1-c1csc2c1CCCC2. The van der Waals surface area contributed by atoms with Gasteiger partial charge >= 0.3 is 0 Å². The van der Waals surface area contributed by atoms with E-state index >= 15 is 0 Å². The second-order valence-corrected chi connectivity index (χ2v) is 9.16. The molecule has 4 rings (SSSR count). The highest BCUT2D eigenvalue weighted by molar-refractivity contribution is 7.99. The fraction of sp³-hybridized carbons (Fsp3) is 0.350. The summed E-state index contributed by atoms with van der Waals surface area (Å²) in [5.74, 6) is 1.17. The Morgan fingerprint density at radius 3 is 2.86 bits per heavy atom. The number of nitrogens with one attached hydrogen (secondary N) is 1. The molecule has 146 valence electrons. The minimum Gasteiger partial charge on any atom is -0.351 e. The molecule has 1 aromatic carbocycles. The number of aromatic nitrogens is 3.